The van der Waals surface area contributed by atoms with Crippen LogP contribution >= 0.6 is 23.2 Å². The van der Waals surface area contributed by atoms with Crippen LogP contribution in [0.3, 0.4) is 0 Å². The first kappa shape index (κ1) is 21.6. The van der Waals surface area contributed by atoms with Gasteiger partial charge in [-0.05, 0) is 36.4 Å². The molecule has 2 amide bonds. The van der Waals surface area contributed by atoms with Gasteiger partial charge >= 0.3 is 0 Å². The number of fused-ring (bicyclic) bond motifs is 1. The van der Waals surface area contributed by atoms with Crippen molar-refractivity contribution < 1.29 is 24.3 Å². The summed E-state index contributed by atoms with van der Waals surface area (Å²) in [5, 5.41) is 12.9. The van der Waals surface area contributed by atoms with Crippen LogP contribution in [0.15, 0.2) is 66.7 Å². The second-order valence-corrected chi connectivity index (χ2v) is 8.48. The Morgan fingerprint density at radius 2 is 1.67 bits per heavy atom. The SMILES string of the molecule is COc1cccc([C@@H]2[C@@H]3C(=O)N(c4ccc(Cl)c(Cl)c4)C(=O)[C@H]3ON2c2ccccc2)c1O. The Morgan fingerprint density at radius 3 is 2.36 bits per heavy atom. The molecule has 0 unspecified atom stereocenters. The number of carbonyl (C=O) groups excluding carboxylic acids is 2. The molecular weight excluding hydrogens is 467 g/mol. The molecular formula is C24H18Cl2N2O5. The zero-order valence-electron chi connectivity index (χ0n) is 17.3. The Balaban J connectivity index is 1.62. The lowest BCUT2D eigenvalue weighted by Crippen LogP contribution is -2.37. The number of anilines is 2. The van der Waals surface area contributed by atoms with E-state index in [2.05, 4.69) is 0 Å². The van der Waals surface area contributed by atoms with Crippen LogP contribution in [-0.4, -0.2) is 30.1 Å². The van der Waals surface area contributed by atoms with E-state index in [0.717, 1.165) is 4.90 Å². The van der Waals surface area contributed by atoms with Gasteiger partial charge in [0.25, 0.3) is 5.91 Å². The number of hydrogen-bond acceptors (Lipinski definition) is 6. The first-order chi connectivity index (χ1) is 15.9. The van der Waals surface area contributed by atoms with E-state index in [4.69, 9.17) is 32.8 Å². The predicted octanol–water partition coefficient (Wildman–Crippen LogP) is 4.76. The highest BCUT2D eigenvalue weighted by Crippen LogP contribution is 2.50. The normalized spacial score (nSPS) is 22.1. The summed E-state index contributed by atoms with van der Waals surface area (Å²) in [5.41, 5.74) is 1.35. The van der Waals surface area contributed by atoms with Crippen molar-refractivity contribution in [3.8, 4) is 11.5 Å². The van der Waals surface area contributed by atoms with Crippen LogP contribution in [0.4, 0.5) is 11.4 Å². The summed E-state index contributed by atoms with van der Waals surface area (Å²) in [7, 11) is 1.44. The second-order valence-electron chi connectivity index (χ2n) is 7.67. The highest BCUT2D eigenvalue weighted by molar-refractivity contribution is 6.42. The first-order valence-corrected chi connectivity index (χ1v) is 10.9. The van der Waals surface area contributed by atoms with Crippen molar-refractivity contribution in [2.24, 2.45) is 5.92 Å². The number of ether oxygens (including phenoxy) is 1. The van der Waals surface area contributed by atoms with E-state index < -0.39 is 29.9 Å². The lowest BCUT2D eigenvalue weighted by molar-refractivity contribution is -0.126. The average Bonchev–Trinajstić information content (AvgIpc) is 3.32. The highest BCUT2D eigenvalue weighted by Gasteiger charge is 2.60. The summed E-state index contributed by atoms with van der Waals surface area (Å²) in [5.74, 6) is -1.76. The standard InChI is InChI=1S/C24H18Cl2N2O5/c1-32-18-9-5-8-15(21(18)29)20-19-22(33-28(20)13-6-3-2-4-7-13)24(31)27(23(19)30)14-10-11-16(25)17(26)12-14/h2-12,19-20,22,29H,1H3/t19-,20+,22-/m0/s1. The molecule has 0 aromatic heterocycles. The molecule has 0 saturated carbocycles. The molecule has 33 heavy (non-hydrogen) atoms. The number of phenols is 1. The molecule has 5 rings (SSSR count). The molecule has 3 aromatic carbocycles. The third-order valence-corrected chi connectivity index (χ3v) is 6.60. The molecule has 1 N–H and O–H groups in total. The topological polar surface area (TPSA) is 79.3 Å². The van der Waals surface area contributed by atoms with Crippen molar-refractivity contribution in [2.75, 3.05) is 17.1 Å². The van der Waals surface area contributed by atoms with Gasteiger partial charge in [0.1, 0.15) is 12.0 Å². The molecule has 2 fully saturated rings. The van der Waals surface area contributed by atoms with Crippen molar-refractivity contribution in [2.45, 2.75) is 12.1 Å². The number of hydrogen-bond donors (Lipinski definition) is 1. The minimum Gasteiger partial charge on any atom is -0.504 e. The average molecular weight is 485 g/mol. The number of methoxy groups -OCH3 is 1. The van der Waals surface area contributed by atoms with Gasteiger partial charge in [0.15, 0.2) is 17.6 Å². The van der Waals surface area contributed by atoms with E-state index in [9.17, 15) is 14.7 Å². The quantitative estimate of drug-likeness (QED) is 0.537. The van der Waals surface area contributed by atoms with E-state index in [1.165, 1.54) is 24.3 Å². The minimum atomic E-state index is -1.08. The molecule has 0 spiro atoms. The van der Waals surface area contributed by atoms with Crippen molar-refractivity contribution in [1.82, 2.24) is 0 Å². The Bertz CT molecular complexity index is 1250. The van der Waals surface area contributed by atoms with E-state index in [1.54, 1.807) is 36.4 Å². The van der Waals surface area contributed by atoms with Gasteiger partial charge in [-0.3, -0.25) is 14.4 Å². The van der Waals surface area contributed by atoms with Crippen molar-refractivity contribution in [3.63, 3.8) is 0 Å². The first-order valence-electron chi connectivity index (χ1n) is 10.1. The van der Waals surface area contributed by atoms with Gasteiger partial charge in [-0.15, -0.1) is 0 Å². The maximum Gasteiger partial charge on any atom is 0.266 e. The molecule has 7 nitrogen and oxygen atoms in total. The zero-order chi connectivity index (χ0) is 23.3. The van der Waals surface area contributed by atoms with Crippen molar-refractivity contribution in [1.29, 1.82) is 0 Å². The van der Waals surface area contributed by atoms with E-state index in [0.29, 0.717) is 22.0 Å². The monoisotopic (exact) mass is 484 g/mol. The van der Waals surface area contributed by atoms with Gasteiger partial charge in [-0.2, -0.15) is 0 Å². The smallest absolute Gasteiger partial charge is 0.266 e. The van der Waals surface area contributed by atoms with Crippen LogP contribution in [0.25, 0.3) is 0 Å². The third-order valence-electron chi connectivity index (χ3n) is 5.86. The number of imide groups is 1. The number of benzene rings is 3. The fourth-order valence-electron chi connectivity index (χ4n) is 4.35. The molecule has 168 valence electrons. The van der Waals surface area contributed by atoms with Gasteiger partial charge in [0.05, 0.1) is 28.5 Å². The summed E-state index contributed by atoms with van der Waals surface area (Å²) >= 11 is 12.1. The van der Waals surface area contributed by atoms with Crippen LogP contribution < -0.4 is 14.7 Å². The third kappa shape index (κ3) is 3.40. The lowest BCUT2D eigenvalue weighted by atomic mass is 9.90. The Morgan fingerprint density at radius 1 is 0.909 bits per heavy atom. The van der Waals surface area contributed by atoms with Crippen LogP contribution in [0.2, 0.25) is 10.0 Å². The molecule has 0 bridgehead atoms. The van der Waals surface area contributed by atoms with Gasteiger partial charge in [0.2, 0.25) is 5.91 Å². The van der Waals surface area contributed by atoms with Gasteiger partial charge in [-0.1, -0.05) is 53.5 Å². The number of nitrogens with zero attached hydrogens (tertiary/aromatic N) is 2. The molecule has 0 radical (unpaired) electrons. The largest absolute Gasteiger partial charge is 0.504 e. The lowest BCUT2D eigenvalue weighted by Gasteiger charge is -2.29. The maximum absolute atomic E-state index is 13.6. The van der Waals surface area contributed by atoms with E-state index in [1.807, 2.05) is 18.2 Å². The number of rotatable bonds is 4. The number of aromatic hydroxyl groups is 1. The second kappa shape index (κ2) is 8.26. The molecule has 3 aromatic rings. The van der Waals surface area contributed by atoms with Crippen LogP contribution in [0.1, 0.15) is 11.6 Å². The molecule has 2 aliphatic rings. The minimum absolute atomic E-state index is 0.122. The van der Waals surface area contributed by atoms with Crippen LogP contribution in [0.5, 0.6) is 11.5 Å². The maximum atomic E-state index is 13.6. The summed E-state index contributed by atoms with van der Waals surface area (Å²) in [4.78, 5) is 34.1. The summed E-state index contributed by atoms with van der Waals surface area (Å²) in [6, 6.07) is 17.9. The van der Waals surface area contributed by atoms with Gasteiger partial charge < -0.3 is 9.84 Å². The molecule has 3 atom stereocenters. The summed E-state index contributed by atoms with van der Waals surface area (Å²) in [6.07, 6.45) is -1.08. The molecule has 2 saturated heterocycles. The summed E-state index contributed by atoms with van der Waals surface area (Å²) in [6.45, 7) is 0. The molecule has 9 heteroatoms. The number of para-hydroxylation sites is 2. The molecule has 2 aliphatic heterocycles. The number of phenolic OH excluding ortho intramolecular Hbond substituents is 1. The predicted molar refractivity (Wildman–Crippen MR) is 124 cm³/mol. The Labute approximate surface area is 199 Å². The Kier molecular flexibility index (Phi) is 5.40. The highest BCUT2D eigenvalue weighted by atomic mass is 35.5. The van der Waals surface area contributed by atoms with Crippen LogP contribution in [0, 0.1) is 5.92 Å². The number of halogens is 2. The number of hydroxylamine groups is 1. The Hall–Kier alpha value is -3.26. The number of carbonyl (C=O) groups is 2. The number of amides is 2. The van der Waals surface area contributed by atoms with E-state index >= 15 is 0 Å². The van der Waals surface area contributed by atoms with Crippen LogP contribution in [-0.2, 0) is 14.4 Å². The van der Waals surface area contributed by atoms with E-state index in [-0.39, 0.29) is 16.5 Å². The fraction of sp³-hybridized carbons (Fsp3) is 0.167. The molecule has 2 heterocycles. The zero-order valence-corrected chi connectivity index (χ0v) is 18.8. The fourth-order valence-corrected chi connectivity index (χ4v) is 4.64. The molecule has 0 aliphatic carbocycles. The van der Waals surface area contributed by atoms with Crippen molar-refractivity contribution >= 4 is 46.4 Å². The summed E-state index contributed by atoms with van der Waals surface area (Å²) < 4.78 is 5.26. The van der Waals surface area contributed by atoms with Gasteiger partial charge in [0, 0.05) is 5.56 Å². The van der Waals surface area contributed by atoms with Crippen molar-refractivity contribution in [3.05, 3.63) is 82.3 Å². The van der Waals surface area contributed by atoms with Gasteiger partial charge in [-0.25, -0.2) is 9.96 Å².